The number of amides is 1. The third-order valence-electron chi connectivity index (χ3n) is 7.26. The van der Waals surface area contributed by atoms with Gasteiger partial charge in [-0.2, -0.15) is 0 Å². The molecule has 0 saturated carbocycles. The van der Waals surface area contributed by atoms with Crippen LogP contribution in [-0.2, 0) is 5.41 Å². The average Bonchev–Trinajstić information content (AvgIpc) is 3.41. The van der Waals surface area contributed by atoms with Crippen molar-refractivity contribution in [2.75, 3.05) is 4.90 Å². The fourth-order valence-electron chi connectivity index (χ4n) is 4.83. The van der Waals surface area contributed by atoms with Crippen molar-refractivity contribution in [3.63, 3.8) is 0 Å². The highest BCUT2D eigenvalue weighted by Gasteiger charge is 2.22. The summed E-state index contributed by atoms with van der Waals surface area (Å²) in [4.78, 5) is 18.9. The fourth-order valence-corrected chi connectivity index (χ4v) is 5.68. The summed E-state index contributed by atoms with van der Waals surface area (Å²) < 4.78 is 0. The van der Waals surface area contributed by atoms with Gasteiger partial charge in [-0.1, -0.05) is 80.6 Å². The van der Waals surface area contributed by atoms with Crippen LogP contribution in [0.3, 0.4) is 0 Å². The molecular weight excluding hydrogens is 552 g/mol. The highest BCUT2D eigenvalue weighted by Crippen LogP contribution is 2.35. The van der Waals surface area contributed by atoms with E-state index in [2.05, 4.69) is 55.2 Å². The van der Waals surface area contributed by atoms with E-state index in [-0.39, 0.29) is 17.1 Å². The van der Waals surface area contributed by atoms with E-state index in [4.69, 9.17) is 0 Å². The third kappa shape index (κ3) is 6.03. The Morgan fingerprint density at radius 2 is 1.42 bits per heavy atom. The van der Waals surface area contributed by atoms with Crippen LogP contribution in [0.25, 0.3) is 16.7 Å². The number of nitrogens with zero attached hydrogens (tertiary/aromatic N) is 4. The molecule has 1 aromatic heterocycles. The van der Waals surface area contributed by atoms with Gasteiger partial charge in [0, 0.05) is 27.1 Å². The number of aromatic nitrogens is 3. The Morgan fingerprint density at radius 3 is 2.09 bits per heavy atom. The standard InChI is InChI=1S/C36H32N4O2S/c1-24-10-12-25(13-11-24)35(42)39(27-8-6-5-7-9-27)28-16-21-33(34(41)22-28)40-37-31-20-19-30(23-32(31)38-40)43-29-17-14-26(15-18-29)36(2,3)4/h5-23,41H,1-4H3. The normalized spacial score (nSPS) is 11.5. The van der Waals surface area contributed by atoms with Crippen LogP contribution in [0.5, 0.6) is 5.75 Å². The van der Waals surface area contributed by atoms with E-state index in [9.17, 15) is 9.90 Å². The van der Waals surface area contributed by atoms with Gasteiger partial charge in [0.25, 0.3) is 5.91 Å². The summed E-state index contributed by atoms with van der Waals surface area (Å²) in [5.41, 5.74) is 6.13. The number of aryl methyl sites for hydroxylation is 1. The summed E-state index contributed by atoms with van der Waals surface area (Å²) >= 11 is 1.67. The maximum absolute atomic E-state index is 13.7. The van der Waals surface area contributed by atoms with Crippen LogP contribution in [0, 0.1) is 6.92 Å². The maximum atomic E-state index is 13.7. The van der Waals surface area contributed by atoms with Crippen molar-refractivity contribution in [3.05, 3.63) is 132 Å². The van der Waals surface area contributed by atoms with Crippen molar-refractivity contribution in [2.24, 2.45) is 0 Å². The zero-order chi connectivity index (χ0) is 30.1. The molecule has 43 heavy (non-hydrogen) atoms. The first-order chi connectivity index (χ1) is 20.7. The number of hydrogen-bond acceptors (Lipinski definition) is 5. The maximum Gasteiger partial charge on any atom is 0.262 e. The van der Waals surface area contributed by atoms with Gasteiger partial charge in [-0.05, 0) is 84.6 Å². The molecular formula is C36H32N4O2S. The summed E-state index contributed by atoms with van der Waals surface area (Å²) in [6.45, 7) is 8.62. The van der Waals surface area contributed by atoms with Crippen molar-refractivity contribution in [2.45, 2.75) is 42.9 Å². The fraction of sp³-hybridized carbons (Fsp3) is 0.139. The molecule has 6 aromatic rings. The topological polar surface area (TPSA) is 71.2 Å². The first kappa shape index (κ1) is 28.2. The number of para-hydroxylation sites is 1. The lowest BCUT2D eigenvalue weighted by molar-refractivity contribution is 0.0999. The first-order valence-corrected chi connectivity index (χ1v) is 14.9. The largest absolute Gasteiger partial charge is 0.506 e. The summed E-state index contributed by atoms with van der Waals surface area (Å²) in [5.74, 6) is -0.233. The van der Waals surface area contributed by atoms with E-state index in [0.717, 1.165) is 26.4 Å². The Kier molecular flexibility index (Phi) is 7.50. The van der Waals surface area contributed by atoms with Crippen LogP contribution < -0.4 is 4.90 Å². The first-order valence-electron chi connectivity index (χ1n) is 14.1. The number of fused-ring (bicyclic) bond motifs is 1. The van der Waals surface area contributed by atoms with Gasteiger partial charge < -0.3 is 5.11 Å². The Hall–Kier alpha value is -4.88. The molecule has 1 N–H and O–H groups in total. The second-order valence-electron chi connectivity index (χ2n) is 11.5. The van der Waals surface area contributed by atoms with Crippen molar-refractivity contribution in [1.29, 1.82) is 0 Å². The highest BCUT2D eigenvalue weighted by molar-refractivity contribution is 7.99. The minimum absolute atomic E-state index is 0.0380. The second kappa shape index (κ2) is 11.4. The molecule has 0 aliphatic rings. The molecule has 6 nitrogen and oxygen atoms in total. The monoisotopic (exact) mass is 584 g/mol. The lowest BCUT2D eigenvalue weighted by atomic mass is 9.87. The predicted molar refractivity (Wildman–Crippen MR) is 174 cm³/mol. The van der Waals surface area contributed by atoms with Crippen molar-refractivity contribution in [3.8, 4) is 11.4 Å². The molecule has 0 saturated heterocycles. The molecule has 1 amide bonds. The smallest absolute Gasteiger partial charge is 0.262 e. The number of anilines is 2. The zero-order valence-electron chi connectivity index (χ0n) is 24.5. The number of benzene rings is 5. The molecule has 6 rings (SSSR count). The van der Waals surface area contributed by atoms with Crippen LogP contribution in [-0.4, -0.2) is 26.0 Å². The van der Waals surface area contributed by atoms with E-state index >= 15 is 0 Å². The molecule has 0 fully saturated rings. The average molecular weight is 585 g/mol. The molecule has 0 aliphatic heterocycles. The van der Waals surface area contributed by atoms with Gasteiger partial charge in [-0.15, -0.1) is 15.0 Å². The SMILES string of the molecule is Cc1ccc(C(=O)N(c2ccccc2)c2ccc(-n3nc4ccc(Sc5ccc(C(C)(C)C)cc5)cc4n3)c(O)c2)cc1. The molecule has 1 heterocycles. The Morgan fingerprint density at radius 1 is 0.744 bits per heavy atom. The van der Waals surface area contributed by atoms with Gasteiger partial charge in [0.05, 0.1) is 5.69 Å². The Bertz CT molecular complexity index is 1910. The van der Waals surface area contributed by atoms with Crippen LogP contribution in [0.15, 0.2) is 125 Å². The molecule has 0 bridgehead atoms. The van der Waals surface area contributed by atoms with E-state index in [0.29, 0.717) is 22.6 Å². The van der Waals surface area contributed by atoms with Crippen LogP contribution in [0.1, 0.15) is 42.3 Å². The molecule has 0 spiro atoms. The molecule has 5 aromatic carbocycles. The van der Waals surface area contributed by atoms with Crippen molar-refractivity contribution < 1.29 is 9.90 Å². The molecule has 0 atom stereocenters. The molecule has 214 valence electrons. The quantitative estimate of drug-likeness (QED) is 0.212. The minimum Gasteiger partial charge on any atom is -0.506 e. The third-order valence-corrected chi connectivity index (χ3v) is 8.25. The molecule has 0 aliphatic carbocycles. The minimum atomic E-state index is -0.195. The van der Waals surface area contributed by atoms with E-state index in [1.807, 2.05) is 79.7 Å². The number of rotatable bonds is 6. The van der Waals surface area contributed by atoms with E-state index in [1.165, 1.54) is 10.4 Å². The lowest BCUT2D eigenvalue weighted by Gasteiger charge is -2.24. The number of hydrogen-bond donors (Lipinski definition) is 1. The van der Waals surface area contributed by atoms with Crippen LogP contribution in [0.2, 0.25) is 0 Å². The van der Waals surface area contributed by atoms with Gasteiger partial charge in [0.1, 0.15) is 22.5 Å². The molecule has 0 radical (unpaired) electrons. The van der Waals surface area contributed by atoms with Gasteiger partial charge in [-0.25, -0.2) is 0 Å². The molecule has 0 unspecified atom stereocenters. The Balaban J connectivity index is 1.29. The zero-order valence-corrected chi connectivity index (χ0v) is 25.3. The van der Waals surface area contributed by atoms with Gasteiger partial charge >= 0.3 is 0 Å². The van der Waals surface area contributed by atoms with Gasteiger partial charge in [0.15, 0.2) is 0 Å². The number of aromatic hydroxyl groups is 1. The summed E-state index contributed by atoms with van der Waals surface area (Å²) in [6, 6.07) is 36.6. The molecule has 7 heteroatoms. The van der Waals surface area contributed by atoms with Gasteiger partial charge in [-0.3, -0.25) is 9.69 Å². The van der Waals surface area contributed by atoms with Crippen LogP contribution >= 0.6 is 11.8 Å². The number of carbonyl (C=O) groups excluding carboxylic acids is 1. The number of phenolic OH excluding ortho intramolecular Hbond substituents is 1. The number of carbonyl (C=O) groups is 1. The Labute approximate surface area is 255 Å². The number of phenols is 1. The predicted octanol–water partition coefficient (Wildman–Crippen LogP) is 8.86. The summed E-state index contributed by atoms with van der Waals surface area (Å²) in [7, 11) is 0. The van der Waals surface area contributed by atoms with Crippen molar-refractivity contribution >= 4 is 40.1 Å². The van der Waals surface area contributed by atoms with Crippen LogP contribution in [0.4, 0.5) is 11.4 Å². The van der Waals surface area contributed by atoms with E-state index < -0.39 is 0 Å². The summed E-state index contributed by atoms with van der Waals surface area (Å²) in [5, 5.41) is 20.4. The second-order valence-corrected chi connectivity index (χ2v) is 12.7. The van der Waals surface area contributed by atoms with Crippen molar-refractivity contribution in [1.82, 2.24) is 15.0 Å². The summed E-state index contributed by atoms with van der Waals surface area (Å²) in [6.07, 6.45) is 0. The highest BCUT2D eigenvalue weighted by atomic mass is 32.2. The van der Waals surface area contributed by atoms with Gasteiger partial charge in [0.2, 0.25) is 0 Å². The lowest BCUT2D eigenvalue weighted by Crippen LogP contribution is -2.26. The van der Waals surface area contributed by atoms with E-state index in [1.54, 1.807) is 34.9 Å².